The number of carbonyl (C=O) groups is 1. The highest BCUT2D eigenvalue weighted by atomic mass is 35.5. The van der Waals surface area contributed by atoms with Crippen LogP contribution in [-0.4, -0.2) is 24.8 Å². The van der Waals surface area contributed by atoms with Crippen molar-refractivity contribution in [2.45, 2.75) is 25.9 Å². The fourth-order valence-electron chi connectivity index (χ4n) is 3.16. The minimum atomic E-state index is -0.616. The Morgan fingerprint density at radius 2 is 2.10 bits per heavy atom. The maximum Gasteiger partial charge on any atom is 0.419 e. The highest BCUT2D eigenvalue weighted by Crippen LogP contribution is 2.20. The molecule has 0 saturated carbocycles. The number of fused-ring (bicyclic) bond motifs is 2. The van der Waals surface area contributed by atoms with Gasteiger partial charge in [0.1, 0.15) is 5.65 Å². The Balaban J connectivity index is 1.33. The number of aryl methyl sites for hydroxylation is 1. The second kappa shape index (κ2) is 7.99. The molecule has 154 valence electrons. The first-order valence-electron chi connectivity index (χ1n) is 9.08. The molecule has 0 radical (unpaired) electrons. The van der Waals surface area contributed by atoms with Gasteiger partial charge in [0.2, 0.25) is 5.91 Å². The summed E-state index contributed by atoms with van der Waals surface area (Å²) < 4.78 is 8.21. The molecule has 10 nitrogen and oxygen atoms in total. The van der Waals surface area contributed by atoms with E-state index in [0.717, 1.165) is 5.65 Å². The molecule has 0 unspecified atom stereocenters. The van der Waals surface area contributed by atoms with Crippen LogP contribution >= 0.6 is 11.6 Å². The number of amides is 1. The number of aromatic nitrogens is 3. The van der Waals surface area contributed by atoms with Crippen LogP contribution < -0.4 is 11.1 Å². The molecular formula is C19H16ClN5O5. The van der Waals surface area contributed by atoms with Crippen LogP contribution in [0.3, 0.4) is 0 Å². The van der Waals surface area contributed by atoms with E-state index in [4.69, 9.17) is 16.0 Å². The summed E-state index contributed by atoms with van der Waals surface area (Å²) in [5.41, 5.74) is 1.87. The zero-order valence-corrected chi connectivity index (χ0v) is 16.3. The normalized spacial score (nSPS) is 11.2. The molecule has 11 heteroatoms. The van der Waals surface area contributed by atoms with E-state index in [2.05, 4.69) is 10.3 Å². The lowest BCUT2D eigenvalue weighted by Gasteiger charge is -2.04. The van der Waals surface area contributed by atoms with Gasteiger partial charge in [-0.15, -0.1) is 0 Å². The van der Waals surface area contributed by atoms with Crippen LogP contribution in [0.2, 0.25) is 5.02 Å². The first-order valence-corrected chi connectivity index (χ1v) is 9.46. The van der Waals surface area contributed by atoms with Gasteiger partial charge in [0, 0.05) is 31.4 Å². The first kappa shape index (κ1) is 19.6. The van der Waals surface area contributed by atoms with Crippen molar-refractivity contribution in [2.75, 3.05) is 0 Å². The molecule has 0 fully saturated rings. The summed E-state index contributed by atoms with van der Waals surface area (Å²) in [6.45, 7) is 0.528. The number of imidazole rings is 1. The SMILES string of the molecule is O=C(CCCn1c(=O)oc2cc([N+](=O)[O-])ccc21)NCc1cn2cc(Cl)ccc2n1. The Morgan fingerprint density at radius 3 is 2.90 bits per heavy atom. The van der Waals surface area contributed by atoms with Gasteiger partial charge >= 0.3 is 5.76 Å². The lowest BCUT2D eigenvalue weighted by Crippen LogP contribution is -2.23. The van der Waals surface area contributed by atoms with Crippen LogP contribution in [0.25, 0.3) is 16.7 Å². The van der Waals surface area contributed by atoms with E-state index in [-0.39, 0.29) is 36.7 Å². The lowest BCUT2D eigenvalue weighted by atomic mass is 10.2. The summed E-state index contributed by atoms with van der Waals surface area (Å²) in [5.74, 6) is -0.796. The van der Waals surface area contributed by atoms with Gasteiger partial charge in [-0.25, -0.2) is 9.78 Å². The van der Waals surface area contributed by atoms with E-state index in [1.807, 2.05) is 0 Å². The van der Waals surface area contributed by atoms with E-state index in [1.165, 1.54) is 22.8 Å². The summed E-state index contributed by atoms with van der Waals surface area (Å²) in [5, 5.41) is 14.2. The lowest BCUT2D eigenvalue weighted by molar-refractivity contribution is -0.384. The molecule has 0 aliphatic carbocycles. The van der Waals surface area contributed by atoms with Crippen LogP contribution in [-0.2, 0) is 17.9 Å². The standard InChI is InChI=1S/C19H16ClN5O5/c20-12-3-6-17-22-13(11-23(17)10-12)9-21-18(26)2-1-7-24-15-5-4-14(25(28)29)8-16(15)30-19(24)27/h3-6,8,10-11H,1-2,7,9H2,(H,21,26). The molecule has 0 bridgehead atoms. The van der Waals surface area contributed by atoms with Gasteiger partial charge in [-0.1, -0.05) is 11.6 Å². The van der Waals surface area contributed by atoms with Crippen molar-refractivity contribution in [3.63, 3.8) is 0 Å². The number of nitro benzene ring substituents is 1. The Morgan fingerprint density at radius 1 is 1.27 bits per heavy atom. The van der Waals surface area contributed by atoms with Crippen LogP contribution in [0.5, 0.6) is 0 Å². The van der Waals surface area contributed by atoms with Crippen molar-refractivity contribution >= 4 is 39.9 Å². The first-order chi connectivity index (χ1) is 14.4. The number of benzene rings is 1. The van der Waals surface area contributed by atoms with Crippen molar-refractivity contribution in [1.29, 1.82) is 0 Å². The van der Waals surface area contributed by atoms with Gasteiger partial charge < -0.3 is 14.1 Å². The third kappa shape index (κ3) is 4.03. The van der Waals surface area contributed by atoms with Crippen LogP contribution in [0.1, 0.15) is 18.5 Å². The van der Waals surface area contributed by atoms with Crippen LogP contribution in [0.4, 0.5) is 5.69 Å². The van der Waals surface area contributed by atoms with Crippen LogP contribution in [0, 0.1) is 10.1 Å². The summed E-state index contributed by atoms with van der Waals surface area (Å²) in [6.07, 6.45) is 4.12. The summed E-state index contributed by atoms with van der Waals surface area (Å²) in [7, 11) is 0. The van der Waals surface area contributed by atoms with Gasteiger partial charge in [-0.2, -0.15) is 0 Å². The van der Waals surface area contributed by atoms with E-state index < -0.39 is 10.7 Å². The molecule has 0 atom stereocenters. The van der Waals surface area contributed by atoms with Crippen LogP contribution in [0.15, 0.2) is 51.9 Å². The molecular weight excluding hydrogens is 414 g/mol. The van der Waals surface area contributed by atoms with Crippen molar-refractivity contribution in [3.8, 4) is 0 Å². The van der Waals surface area contributed by atoms with E-state index >= 15 is 0 Å². The van der Waals surface area contributed by atoms with Gasteiger partial charge in [0.05, 0.1) is 33.8 Å². The topological polar surface area (TPSA) is 125 Å². The minimum Gasteiger partial charge on any atom is -0.407 e. The fraction of sp³-hybridized carbons (Fsp3) is 0.211. The van der Waals surface area contributed by atoms with Gasteiger partial charge in [0.15, 0.2) is 5.58 Å². The van der Waals surface area contributed by atoms with Gasteiger partial charge in [0.25, 0.3) is 5.69 Å². The highest BCUT2D eigenvalue weighted by Gasteiger charge is 2.14. The molecule has 0 spiro atoms. The number of halogens is 1. The molecule has 0 saturated heterocycles. The van der Waals surface area contributed by atoms with Crippen molar-refractivity contribution in [1.82, 2.24) is 19.3 Å². The number of oxazole rings is 1. The second-order valence-electron chi connectivity index (χ2n) is 6.65. The zero-order chi connectivity index (χ0) is 21.3. The predicted octanol–water partition coefficient (Wildman–Crippen LogP) is 2.90. The average Bonchev–Trinajstić information content (AvgIpc) is 3.25. The van der Waals surface area contributed by atoms with Crippen molar-refractivity contribution in [2.24, 2.45) is 0 Å². The molecule has 1 amide bonds. The molecule has 1 aromatic carbocycles. The summed E-state index contributed by atoms with van der Waals surface area (Å²) >= 11 is 5.94. The van der Waals surface area contributed by atoms with Gasteiger partial charge in [-0.05, 0) is 24.6 Å². The quantitative estimate of drug-likeness (QED) is 0.355. The molecule has 30 heavy (non-hydrogen) atoms. The molecule has 1 N–H and O–H groups in total. The van der Waals surface area contributed by atoms with E-state index in [1.54, 1.807) is 28.9 Å². The molecule has 0 aliphatic heterocycles. The number of non-ortho nitro benzene ring substituents is 1. The number of hydrogen-bond donors (Lipinski definition) is 1. The number of pyridine rings is 1. The smallest absolute Gasteiger partial charge is 0.407 e. The zero-order valence-electron chi connectivity index (χ0n) is 15.6. The van der Waals surface area contributed by atoms with E-state index in [0.29, 0.717) is 22.7 Å². The Labute approximate surface area is 173 Å². The fourth-order valence-corrected chi connectivity index (χ4v) is 3.33. The second-order valence-corrected chi connectivity index (χ2v) is 7.09. The Bertz CT molecular complexity index is 1320. The molecule has 4 aromatic rings. The number of nitrogens with one attached hydrogen (secondary N) is 1. The number of carbonyl (C=O) groups excluding carboxylic acids is 1. The largest absolute Gasteiger partial charge is 0.419 e. The highest BCUT2D eigenvalue weighted by molar-refractivity contribution is 6.30. The maximum absolute atomic E-state index is 12.1. The minimum absolute atomic E-state index is 0.144. The third-order valence-electron chi connectivity index (χ3n) is 4.58. The molecule has 0 aliphatic rings. The van der Waals surface area contributed by atoms with Crippen molar-refractivity contribution < 1.29 is 14.1 Å². The molecule has 3 heterocycles. The van der Waals surface area contributed by atoms with Crippen molar-refractivity contribution in [3.05, 3.63) is 74.1 Å². The van der Waals surface area contributed by atoms with E-state index in [9.17, 15) is 19.7 Å². The average molecular weight is 430 g/mol. The monoisotopic (exact) mass is 429 g/mol. The Kier molecular flexibility index (Phi) is 5.23. The summed E-state index contributed by atoms with van der Waals surface area (Å²) in [4.78, 5) is 38.8. The molecule has 4 rings (SSSR count). The number of hydrogen-bond acceptors (Lipinski definition) is 6. The maximum atomic E-state index is 12.1. The summed E-state index contributed by atoms with van der Waals surface area (Å²) in [6, 6.07) is 7.51. The Hall–Kier alpha value is -3.66. The number of nitro groups is 1. The number of rotatable bonds is 7. The molecule has 3 aromatic heterocycles. The predicted molar refractivity (Wildman–Crippen MR) is 108 cm³/mol. The number of nitrogens with zero attached hydrogens (tertiary/aromatic N) is 4. The van der Waals surface area contributed by atoms with Gasteiger partial charge in [-0.3, -0.25) is 19.5 Å². The third-order valence-corrected chi connectivity index (χ3v) is 4.80.